The van der Waals surface area contributed by atoms with Crippen molar-refractivity contribution in [1.82, 2.24) is 20.6 Å². The second kappa shape index (κ2) is 9.64. The average molecular weight is 435 g/mol. The summed E-state index contributed by atoms with van der Waals surface area (Å²) in [4.78, 5) is 32.6. The lowest BCUT2D eigenvalue weighted by molar-refractivity contribution is -0.120. The van der Waals surface area contributed by atoms with Crippen LogP contribution >= 0.6 is 34.5 Å². The van der Waals surface area contributed by atoms with Crippen LogP contribution in [0.5, 0.6) is 0 Å². The van der Waals surface area contributed by atoms with Crippen molar-refractivity contribution < 1.29 is 9.59 Å². The molecule has 3 aromatic rings. The van der Waals surface area contributed by atoms with E-state index in [0.29, 0.717) is 34.4 Å². The van der Waals surface area contributed by atoms with Crippen LogP contribution in [0.2, 0.25) is 10.0 Å². The topological polar surface area (TPSA) is 84.0 Å². The summed E-state index contributed by atoms with van der Waals surface area (Å²) in [6, 6.07) is 8.42. The van der Waals surface area contributed by atoms with Crippen LogP contribution in [0.3, 0.4) is 0 Å². The molecule has 28 heavy (non-hydrogen) atoms. The number of amides is 2. The fourth-order valence-electron chi connectivity index (χ4n) is 2.35. The highest BCUT2D eigenvalue weighted by Gasteiger charge is 2.10. The molecule has 2 heterocycles. The molecule has 144 valence electrons. The molecule has 0 aliphatic carbocycles. The maximum Gasteiger partial charge on any atom is 0.251 e. The Labute approximate surface area is 175 Å². The molecule has 0 saturated carbocycles. The number of thiazole rings is 1. The first kappa shape index (κ1) is 20.3. The molecular weight excluding hydrogens is 419 g/mol. The van der Waals surface area contributed by atoms with Gasteiger partial charge in [0.1, 0.15) is 5.01 Å². The van der Waals surface area contributed by atoms with E-state index in [2.05, 4.69) is 20.6 Å². The summed E-state index contributed by atoms with van der Waals surface area (Å²) in [5.74, 6) is -0.444. The molecule has 2 N–H and O–H groups in total. The fourth-order valence-corrected chi connectivity index (χ4v) is 3.46. The van der Waals surface area contributed by atoms with Gasteiger partial charge in [0.15, 0.2) is 0 Å². The third-order valence-corrected chi connectivity index (χ3v) is 5.40. The molecular formula is C19H16Cl2N4O2S. The van der Waals surface area contributed by atoms with Crippen LogP contribution < -0.4 is 10.6 Å². The van der Waals surface area contributed by atoms with E-state index in [0.717, 1.165) is 10.6 Å². The lowest BCUT2D eigenvalue weighted by atomic mass is 10.2. The molecule has 9 heteroatoms. The first-order chi connectivity index (χ1) is 13.5. The number of aromatic nitrogens is 2. The van der Waals surface area contributed by atoms with E-state index in [1.165, 1.54) is 17.4 Å². The molecule has 0 fully saturated rings. The Hall–Kier alpha value is -2.48. The van der Waals surface area contributed by atoms with Crippen LogP contribution in [-0.4, -0.2) is 34.9 Å². The minimum Gasteiger partial charge on any atom is -0.354 e. The van der Waals surface area contributed by atoms with Crippen LogP contribution in [0.4, 0.5) is 0 Å². The Morgan fingerprint density at radius 3 is 2.64 bits per heavy atom. The van der Waals surface area contributed by atoms with Crippen molar-refractivity contribution in [1.29, 1.82) is 0 Å². The summed E-state index contributed by atoms with van der Waals surface area (Å²) in [7, 11) is 0. The molecule has 3 rings (SSSR count). The Bertz CT molecular complexity index is 979. The van der Waals surface area contributed by atoms with Gasteiger partial charge in [-0.1, -0.05) is 23.2 Å². The molecule has 0 spiro atoms. The van der Waals surface area contributed by atoms with E-state index in [9.17, 15) is 9.59 Å². The normalized spacial score (nSPS) is 10.5. The van der Waals surface area contributed by atoms with E-state index in [1.807, 2.05) is 17.5 Å². The lowest BCUT2D eigenvalue weighted by Crippen LogP contribution is -2.35. The Kier molecular flexibility index (Phi) is 6.97. The number of pyridine rings is 1. The third kappa shape index (κ3) is 5.51. The van der Waals surface area contributed by atoms with Crippen LogP contribution in [0.15, 0.2) is 48.1 Å². The Morgan fingerprint density at radius 2 is 1.89 bits per heavy atom. The highest BCUT2D eigenvalue weighted by Crippen LogP contribution is 2.23. The number of carbonyl (C=O) groups excluding carboxylic acids is 2. The highest BCUT2D eigenvalue weighted by atomic mass is 35.5. The number of hydrogen-bond acceptors (Lipinski definition) is 5. The van der Waals surface area contributed by atoms with Crippen LogP contribution in [0.1, 0.15) is 16.1 Å². The van der Waals surface area contributed by atoms with E-state index in [-0.39, 0.29) is 18.2 Å². The van der Waals surface area contributed by atoms with Crippen LogP contribution in [0.25, 0.3) is 10.6 Å². The Balaban J connectivity index is 1.42. The van der Waals surface area contributed by atoms with Gasteiger partial charge >= 0.3 is 0 Å². The molecule has 0 aliphatic heterocycles. The van der Waals surface area contributed by atoms with Crippen molar-refractivity contribution in [3.8, 4) is 10.6 Å². The number of carbonyl (C=O) groups is 2. The first-order valence-corrected chi connectivity index (χ1v) is 10.0. The van der Waals surface area contributed by atoms with Crippen molar-refractivity contribution in [3.63, 3.8) is 0 Å². The fraction of sp³-hybridized carbons (Fsp3) is 0.158. The zero-order valence-corrected chi connectivity index (χ0v) is 16.9. The minimum absolute atomic E-state index is 0.160. The lowest BCUT2D eigenvalue weighted by Gasteiger charge is -2.07. The molecule has 0 saturated heterocycles. The maximum atomic E-state index is 12.1. The second-order valence-electron chi connectivity index (χ2n) is 5.80. The predicted molar refractivity (Wildman–Crippen MR) is 111 cm³/mol. The maximum absolute atomic E-state index is 12.1. The summed E-state index contributed by atoms with van der Waals surface area (Å²) in [5, 5.41) is 8.86. The smallest absolute Gasteiger partial charge is 0.251 e. The summed E-state index contributed by atoms with van der Waals surface area (Å²) >= 11 is 13.2. The number of benzene rings is 1. The number of nitrogens with zero attached hydrogens (tertiary/aromatic N) is 2. The second-order valence-corrected chi connectivity index (χ2v) is 7.47. The molecule has 0 unspecified atom stereocenters. The average Bonchev–Trinajstić information content (AvgIpc) is 3.16. The quantitative estimate of drug-likeness (QED) is 0.556. The predicted octanol–water partition coefficient (Wildman–Crippen LogP) is 3.60. The van der Waals surface area contributed by atoms with E-state index >= 15 is 0 Å². The third-order valence-electron chi connectivity index (χ3n) is 3.72. The van der Waals surface area contributed by atoms with Gasteiger partial charge in [-0.15, -0.1) is 11.3 Å². The van der Waals surface area contributed by atoms with Gasteiger partial charge in [-0.05, 0) is 30.3 Å². The van der Waals surface area contributed by atoms with E-state index in [4.69, 9.17) is 23.2 Å². The standard InChI is InChI=1S/C19H16Cl2N4O2S/c20-15-4-3-12(8-16(15)21)18(27)24-7-6-23-17(26)9-14-11-28-19(25-14)13-2-1-5-22-10-13/h1-5,8,10-11H,6-7,9H2,(H,23,26)(H,24,27). The van der Waals surface area contributed by atoms with Gasteiger partial charge < -0.3 is 10.6 Å². The molecule has 1 aromatic carbocycles. The van der Waals surface area contributed by atoms with E-state index in [1.54, 1.807) is 24.5 Å². The van der Waals surface area contributed by atoms with Crippen molar-refractivity contribution in [2.24, 2.45) is 0 Å². The Morgan fingerprint density at radius 1 is 1.07 bits per heavy atom. The van der Waals surface area contributed by atoms with Crippen molar-refractivity contribution in [3.05, 3.63) is 69.4 Å². The molecule has 0 bridgehead atoms. The number of rotatable bonds is 7. The van der Waals surface area contributed by atoms with Gasteiger partial charge in [0.05, 0.1) is 22.2 Å². The first-order valence-electron chi connectivity index (χ1n) is 8.37. The number of nitrogens with one attached hydrogen (secondary N) is 2. The van der Waals surface area contributed by atoms with Crippen LogP contribution in [0, 0.1) is 0 Å². The molecule has 6 nitrogen and oxygen atoms in total. The van der Waals surface area contributed by atoms with Gasteiger partial charge in [0, 0.05) is 42.0 Å². The summed E-state index contributed by atoms with van der Waals surface area (Å²) in [6.45, 7) is 0.605. The molecule has 2 aromatic heterocycles. The highest BCUT2D eigenvalue weighted by molar-refractivity contribution is 7.13. The van der Waals surface area contributed by atoms with E-state index < -0.39 is 0 Å². The summed E-state index contributed by atoms with van der Waals surface area (Å²) < 4.78 is 0. The van der Waals surface area contributed by atoms with Crippen molar-refractivity contribution in [2.45, 2.75) is 6.42 Å². The molecule has 2 amide bonds. The van der Waals surface area contributed by atoms with Gasteiger partial charge in [0.25, 0.3) is 5.91 Å². The van der Waals surface area contributed by atoms with Gasteiger partial charge in [-0.3, -0.25) is 14.6 Å². The van der Waals surface area contributed by atoms with Crippen molar-refractivity contribution in [2.75, 3.05) is 13.1 Å². The number of halogens is 2. The van der Waals surface area contributed by atoms with Gasteiger partial charge in [0.2, 0.25) is 5.91 Å². The summed E-state index contributed by atoms with van der Waals surface area (Å²) in [6.07, 6.45) is 3.61. The summed E-state index contributed by atoms with van der Waals surface area (Å²) in [5.41, 5.74) is 2.02. The van der Waals surface area contributed by atoms with Crippen LogP contribution in [-0.2, 0) is 11.2 Å². The van der Waals surface area contributed by atoms with Gasteiger partial charge in [-0.2, -0.15) is 0 Å². The zero-order chi connectivity index (χ0) is 19.9. The molecule has 0 radical (unpaired) electrons. The van der Waals surface area contributed by atoms with Crippen molar-refractivity contribution >= 4 is 46.4 Å². The largest absolute Gasteiger partial charge is 0.354 e. The zero-order valence-electron chi connectivity index (χ0n) is 14.6. The molecule has 0 atom stereocenters. The SMILES string of the molecule is O=C(Cc1csc(-c2cccnc2)n1)NCCNC(=O)c1ccc(Cl)c(Cl)c1. The number of hydrogen-bond donors (Lipinski definition) is 2. The minimum atomic E-state index is -0.284. The van der Waals surface area contributed by atoms with Gasteiger partial charge in [-0.25, -0.2) is 4.98 Å². The molecule has 0 aliphatic rings. The monoisotopic (exact) mass is 434 g/mol.